The molecule has 20 heavy (non-hydrogen) atoms. The molecule has 0 spiro atoms. The smallest absolute Gasteiger partial charge is 0.452 e. The van der Waals surface area contributed by atoms with Gasteiger partial charge in [-0.1, -0.05) is 56.7 Å². The maximum Gasteiger partial charge on any atom is 0.452 e. The lowest BCUT2D eigenvalue weighted by Crippen LogP contribution is -2.18. The second-order valence-corrected chi connectivity index (χ2v) is 7.66. The fourth-order valence-electron chi connectivity index (χ4n) is 1.60. The van der Waals surface area contributed by atoms with E-state index in [1.54, 1.807) is 0 Å². The van der Waals surface area contributed by atoms with E-state index in [1.165, 1.54) is 12.8 Å². The molecule has 0 fully saturated rings. The number of hydrogen-bond acceptors (Lipinski definition) is 4. The molecule has 0 aromatic rings. The highest BCUT2D eigenvalue weighted by molar-refractivity contribution is 6.53. The van der Waals surface area contributed by atoms with Crippen LogP contribution in [0.4, 0.5) is 9.59 Å². The molecule has 6 nitrogen and oxygen atoms in total. The van der Waals surface area contributed by atoms with Crippen molar-refractivity contribution in [1.29, 1.82) is 0 Å². The van der Waals surface area contributed by atoms with Gasteiger partial charge in [0.05, 0.1) is 6.61 Å². The number of amides is 2. The standard InChI is InChI=1S/C13H26N2O4Si/c1-4-7-8-9-10-11-18-12(16)14-15-13(17)19-20(5-2)6-3/h20H,4-11H2,1-3H3. The highest BCUT2D eigenvalue weighted by Crippen LogP contribution is 2.04. The highest BCUT2D eigenvalue weighted by Gasteiger charge is 2.12. The average molecular weight is 302 g/mol. The first-order chi connectivity index (χ1) is 9.63. The number of ether oxygens (including phenoxy) is 1. The van der Waals surface area contributed by atoms with E-state index in [2.05, 4.69) is 17.2 Å². The second kappa shape index (κ2) is 12.8. The van der Waals surface area contributed by atoms with Crippen LogP contribution in [0.25, 0.3) is 0 Å². The Morgan fingerprint density at radius 1 is 0.900 bits per heavy atom. The molecule has 0 atom stereocenters. The molecule has 2 amide bonds. The number of unbranched alkanes of at least 4 members (excludes halogenated alkanes) is 4. The Morgan fingerprint density at radius 3 is 2.10 bits per heavy atom. The number of nitrogens with zero attached hydrogens (tertiary/aromatic N) is 2. The number of azo groups is 1. The molecule has 0 bridgehead atoms. The summed E-state index contributed by atoms with van der Waals surface area (Å²) in [5.41, 5.74) is 0. The lowest BCUT2D eigenvalue weighted by Gasteiger charge is -2.08. The summed E-state index contributed by atoms with van der Waals surface area (Å²) < 4.78 is 9.94. The quantitative estimate of drug-likeness (QED) is 0.358. The van der Waals surface area contributed by atoms with Crippen molar-refractivity contribution < 1.29 is 18.8 Å². The molecule has 0 aliphatic rings. The van der Waals surface area contributed by atoms with Crippen LogP contribution >= 0.6 is 0 Å². The Balaban J connectivity index is 3.73. The zero-order chi connectivity index (χ0) is 15.2. The molecule has 0 aromatic carbocycles. The summed E-state index contributed by atoms with van der Waals surface area (Å²) in [5.74, 6) is 0. The molecule has 0 radical (unpaired) electrons. The first-order valence-corrected chi connectivity index (χ1v) is 9.53. The monoisotopic (exact) mass is 302 g/mol. The van der Waals surface area contributed by atoms with E-state index in [4.69, 9.17) is 9.16 Å². The zero-order valence-electron chi connectivity index (χ0n) is 12.8. The van der Waals surface area contributed by atoms with Gasteiger partial charge in [-0.25, -0.2) is 9.59 Å². The van der Waals surface area contributed by atoms with E-state index in [1.807, 2.05) is 13.8 Å². The maximum absolute atomic E-state index is 11.3. The van der Waals surface area contributed by atoms with E-state index >= 15 is 0 Å². The fraction of sp³-hybridized carbons (Fsp3) is 0.846. The van der Waals surface area contributed by atoms with Crippen LogP contribution in [0, 0.1) is 0 Å². The second-order valence-electron chi connectivity index (χ2n) is 4.55. The van der Waals surface area contributed by atoms with E-state index in [0.29, 0.717) is 6.61 Å². The third-order valence-corrected chi connectivity index (χ3v) is 5.22. The lowest BCUT2D eigenvalue weighted by atomic mass is 10.2. The average Bonchev–Trinajstić information content (AvgIpc) is 2.46. The topological polar surface area (TPSA) is 77.3 Å². The number of carbonyl (C=O) groups is 2. The van der Waals surface area contributed by atoms with E-state index in [-0.39, 0.29) is 0 Å². The van der Waals surface area contributed by atoms with Crippen LogP contribution in [0.5, 0.6) is 0 Å². The summed E-state index contributed by atoms with van der Waals surface area (Å²) in [5, 5.41) is 6.40. The molecule has 0 heterocycles. The van der Waals surface area contributed by atoms with Crippen molar-refractivity contribution in [1.82, 2.24) is 0 Å². The van der Waals surface area contributed by atoms with Crippen LogP contribution in [0.2, 0.25) is 12.1 Å². The molecule has 0 saturated heterocycles. The van der Waals surface area contributed by atoms with Gasteiger partial charge in [0.25, 0.3) is 0 Å². The van der Waals surface area contributed by atoms with Gasteiger partial charge in [0, 0.05) is 0 Å². The number of carbonyl (C=O) groups excluding carboxylic acids is 2. The number of rotatable bonds is 9. The maximum atomic E-state index is 11.3. The van der Waals surface area contributed by atoms with E-state index in [9.17, 15) is 9.59 Å². The minimum absolute atomic E-state index is 0.317. The predicted molar refractivity (Wildman–Crippen MR) is 79.6 cm³/mol. The third-order valence-electron chi connectivity index (χ3n) is 2.86. The Labute approximate surface area is 122 Å². The minimum atomic E-state index is -1.51. The molecule has 0 aliphatic heterocycles. The van der Waals surface area contributed by atoms with E-state index in [0.717, 1.165) is 31.4 Å². The Kier molecular flexibility index (Phi) is 12.0. The summed E-state index contributed by atoms with van der Waals surface area (Å²) in [6.45, 7) is 6.40. The van der Waals surface area contributed by atoms with Crippen LogP contribution in [0.1, 0.15) is 52.9 Å². The Hall–Kier alpha value is -1.24. The van der Waals surface area contributed by atoms with Gasteiger partial charge >= 0.3 is 12.2 Å². The lowest BCUT2D eigenvalue weighted by molar-refractivity contribution is 0.151. The van der Waals surface area contributed by atoms with Crippen LogP contribution in [-0.4, -0.2) is 27.8 Å². The van der Waals surface area contributed by atoms with Crippen LogP contribution in [0.3, 0.4) is 0 Å². The summed E-state index contributed by atoms with van der Waals surface area (Å²) in [4.78, 5) is 22.5. The Bertz CT molecular complexity index is 307. The molecule has 0 rings (SSSR count). The number of hydrogen-bond donors (Lipinski definition) is 0. The summed E-state index contributed by atoms with van der Waals surface area (Å²) in [7, 11) is -1.51. The summed E-state index contributed by atoms with van der Waals surface area (Å²) >= 11 is 0. The molecule has 0 aliphatic carbocycles. The van der Waals surface area contributed by atoms with Gasteiger partial charge in [0.15, 0.2) is 0 Å². The van der Waals surface area contributed by atoms with Gasteiger partial charge in [0.1, 0.15) is 0 Å². The molecular formula is C13H26N2O4Si. The molecule has 7 heteroatoms. The first kappa shape index (κ1) is 18.8. The molecule has 0 unspecified atom stereocenters. The van der Waals surface area contributed by atoms with Crippen molar-refractivity contribution in [3.05, 3.63) is 0 Å². The minimum Gasteiger partial charge on any atom is -0.504 e. The fourth-order valence-corrected chi connectivity index (χ4v) is 2.84. The van der Waals surface area contributed by atoms with Crippen LogP contribution in [-0.2, 0) is 9.16 Å². The van der Waals surface area contributed by atoms with Gasteiger partial charge in [-0.2, -0.15) is 0 Å². The van der Waals surface area contributed by atoms with Crippen molar-refractivity contribution in [3.8, 4) is 0 Å². The van der Waals surface area contributed by atoms with E-state index < -0.39 is 21.2 Å². The zero-order valence-corrected chi connectivity index (χ0v) is 13.9. The van der Waals surface area contributed by atoms with Crippen molar-refractivity contribution in [3.63, 3.8) is 0 Å². The SMILES string of the molecule is CCCCCCCOC(=O)N=NC(=O)O[SiH](CC)CC. The molecule has 0 saturated carbocycles. The van der Waals surface area contributed by atoms with Crippen molar-refractivity contribution in [2.75, 3.05) is 6.61 Å². The van der Waals surface area contributed by atoms with Crippen molar-refractivity contribution >= 4 is 21.2 Å². The molecule has 0 aromatic heterocycles. The molecule has 116 valence electrons. The van der Waals surface area contributed by atoms with Crippen LogP contribution < -0.4 is 0 Å². The summed E-state index contributed by atoms with van der Waals surface area (Å²) in [6.07, 6.45) is 3.73. The normalized spacial score (nSPS) is 11.0. The Morgan fingerprint density at radius 2 is 1.50 bits per heavy atom. The molecule has 0 N–H and O–H groups in total. The predicted octanol–water partition coefficient (Wildman–Crippen LogP) is 4.45. The summed E-state index contributed by atoms with van der Waals surface area (Å²) in [6, 6.07) is 1.69. The van der Waals surface area contributed by atoms with Crippen molar-refractivity contribution in [2.45, 2.75) is 65.0 Å². The third kappa shape index (κ3) is 10.7. The van der Waals surface area contributed by atoms with Crippen molar-refractivity contribution in [2.24, 2.45) is 10.2 Å². The highest BCUT2D eigenvalue weighted by atomic mass is 28.3. The molecular weight excluding hydrogens is 276 g/mol. The van der Waals surface area contributed by atoms with Crippen LogP contribution in [0.15, 0.2) is 10.2 Å². The van der Waals surface area contributed by atoms with Gasteiger partial charge < -0.3 is 9.16 Å². The van der Waals surface area contributed by atoms with Gasteiger partial charge in [-0.05, 0) is 18.5 Å². The van der Waals surface area contributed by atoms with Gasteiger partial charge in [0.2, 0.25) is 9.04 Å². The van der Waals surface area contributed by atoms with Gasteiger partial charge in [-0.15, -0.1) is 0 Å². The van der Waals surface area contributed by atoms with Gasteiger partial charge in [-0.3, -0.25) is 0 Å². The first-order valence-electron chi connectivity index (χ1n) is 7.43. The largest absolute Gasteiger partial charge is 0.504 e.